The van der Waals surface area contributed by atoms with Gasteiger partial charge in [0.15, 0.2) is 0 Å². The van der Waals surface area contributed by atoms with E-state index in [1.807, 2.05) is 0 Å². The summed E-state index contributed by atoms with van der Waals surface area (Å²) in [5, 5.41) is 9.99. The van der Waals surface area contributed by atoms with Gasteiger partial charge in [-0.25, -0.2) is 0 Å². The van der Waals surface area contributed by atoms with E-state index in [0.717, 1.165) is 8.95 Å². The Hall–Kier alpha value is -4.24. The molecule has 8 aromatic rings. The monoisotopic (exact) mass is 662 g/mol. The first-order valence-corrected chi connectivity index (χ1v) is 15.7. The maximum Gasteiger partial charge on any atom is 0.0254 e. The molecule has 0 aliphatic heterocycles. The molecule has 198 valence electrons. The van der Waals surface area contributed by atoms with Gasteiger partial charge in [0, 0.05) is 8.95 Å². The second-order valence-electron chi connectivity index (χ2n) is 10.7. The molecule has 0 aromatic heterocycles. The third-order valence-electron chi connectivity index (χ3n) is 8.46. The molecule has 0 N–H and O–H groups in total. The lowest BCUT2D eigenvalue weighted by Crippen LogP contribution is -1.90. The zero-order chi connectivity index (χ0) is 28.2. The van der Waals surface area contributed by atoms with Gasteiger partial charge in [0.2, 0.25) is 0 Å². The van der Waals surface area contributed by atoms with Crippen LogP contribution < -0.4 is 0 Å². The second kappa shape index (κ2) is 10.2. The largest absolute Gasteiger partial charge is 0.0616 e. The fraction of sp³-hybridized carbons (Fsp3) is 0. The quantitative estimate of drug-likeness (QED) is 0.176. The highest BCUT2D eigenvalue weighted by Crippen LogP contribution is 2.44. The van der Waals surface area contributed by atoms with Gasteiger partial charge < -0.3 is 0 Å². The molecule has 0 fully saturated rings. The Morgan fingerprint density at radius 3 is 0.667 bits per heavy atom. The smallest absolute Gasteiger partial charge is 0.0254 e. The normalized spacial score (nSPS) is 11.6. The summed E-state index contributed by atoms with van der Waals surface area (Å²) in [7, 11) is 0. The van der Waals surface area contributed by atoms with Crippen LogP contribution in [0.4, 0.5) is 0 Å². The molecule has 0 saturated carbocycles. The molecular weight excluding hydrogens is 640 g/mol. The fourth-order valence-electron chi connectivity index (χ4n) is 6.53. The molecule has 0 saturated heterocycles. The van der Waals surface area contributed by atoms with Gasteiger partial charge in [-0.05, 0) is 88.6 Å². The summed E-state index contributed by atoms with van der Waals surface area (Å²) in [6.45, 7) is 0. The van der Waals surface area contributed by atoms with E-state index in [4.69, 9.17) is 0 Å². The van der Waals surface area contributed by atoms with Crippen LogP contribution in [0.2, 0.25) is 0 Å². The van der Waals surface area contributed by atoms with Crippen molar-refractivity contribution in [2.45, 2.75) is 0 Å². The zero-order valence-corrected chi connectivity index (χ0v) is 25.8. The summed E-state index contributed by atoms with van der Waals surface area (Å²) in [4.78, 5) is 0. The molecule has 42 heavy (non-hydrogen) atoms. The van der Waals surface area contributed by atoms with Crippen LogP contribution >= 0.6 is 31.9 Å². The third-order valence-corrected chi connectivity index (χ3v) is 9.84. The Kier molecular flexibility index (Phi) is 6.21. The van der Waals surface area contributed by atoms with Crippen LogP contribution in [0.1, 0.15) is 0 Å². The lowest BCUT2D eigenvalue weighted by molar-refractivity contribution is 1.64. The van der Waals surface area contributed by atoms with Crippen LogP contribution in [0.15, 0.2) is 155 Å². The molecule has 0 aliphatic rings. The van der Waals surface area contributed by atoms with E-state index in [9.17, 15) is 0 Å². The number of fused-ring (bicyclic) bond motifs is 4. The molecule has 0 heterocycles. The number of benzene rings is 8. The molecule has 0 nitrogen and oxygen atoms in total. The first-order chi connectivity index (χ1) is 20.7. The van der Waals surface area contributed by atoms with Gasteiger partial charge >= 0.3 is 0 Å². The van der Waals surface area contributed by atoms with Crippen LogP contribution in [-0.2, 0) is 0 Å². The van der Waals surface area contributed by atoms with E-state index in [1.54, 1.807) is 0 Å². The number of hydrogen-bond donors (Lipinski definition) is 0. The molecule has 2 heteroatoms. The van der Waals surface area contributed by atoms with Crippen molar-refractivity contribution in [3.05, 3.63) is 155 Å². The van der Waals surface area contributed by atoms with Gasteiger partial charge in [-0.3, -0.25) is 0 Å². The van der Waals surface area contributed by atoms with Crippen LogP contribution in [0, 0.1) is 0 Å². The van der Waals surface area contributed by atoms with E-state index in [-0.39, 0.29) is 0 Å². The average Bonchev–Trinajstić information content (AvgIpc) is 3.05. The van der Waals surface area contributed by atoms with Gasteiger partial charge in [-0.2, -0.15) is 0 Å². The predicted molar refractivity (Wildman–Crippen MR) is 188 cm³/mol. The molecule has 0 unspecified atom stereocenters. The number of hydrogen-bond acceptors (Lipinski definition) is 0. The van der Waals surface area contributed by atoms with Gasteiger partial charge in [0.05, 0.1) is 0 Å². The number of halogens is 2. The van der Waals surface area contributed by atoms with Crippen LogP contribution in [0.25, 0.3) is 76.5 Å². The van der Waals surface area contributed by atoms with Gasteiger partial charge in [0.25, 0.3) is 0 Å². The Balaban J connectivity index is 1.37. The van der Waals surface area contributed by atoms with Gasteiger partial charge in [-0.15, -0.1) is 0 Å². The van der Waals surface area contributed by atoms with Crippen molar-refractivity contribution in [2.75, 3.05) is 0 Å². The van der Waals surface area contributed by atoms with Crippen molar-refractivity contribution in [3.8, 4) is 33.4 Å². The summed E-state index contributed by atoms with van der Waals surface area (Å²) < 4.78 is 2.24. The summed E-state index contributed by atoms with van der Waals surface area (Å²) in [6.07, 6.45) is 0. The van der Waals surface area contributed by atoms with Crippen molar-refractivity contribution in [1.82, 2.24) is 0 Å². The van der Waals surface area contributed by atoms with Crippen LogP contribution in [-0.4, -0.2) is 0 Å². The van der Waals surface area contributed by atoms with E-state index in [0.29, 0.717) is 0 Å². The first-order valence-electron chi connectivity index (χ1n) is 14.1. The highest BCUT2D eigenvalue weighted by atomic mass is 79.9. The van der Waals surface area contributed by atoms with E-state index in [2.05, 4.69) is 177 Å². The SMILES string of the molecule is Brc1ccc(-c2ccc(-c3ccc(-c4ccc(Br)c5ccccc45)c4ccccc34)c3ccccc23)c2ccccc12. The first kappa shape index (κ1) is 25.5. The minimum absolute atomic E-state index is 1.12. The van der Waals surface area contributed by atoms with Gasteiger partial charge in [0.1, 0.15) is 0 Å². The fourth-order valence-corrected chi connectivity index (χ4v) is 7.49. The molecule has 0 atom stereocenters. The molecule has 8 aromatic carbocycles. The summed E-state index contributed by atoms with van der Waals surface area (Å²) in [5.41, 5.74) is 7.50. The molecular formula is C40H24Br2. The predicted octanol–water partition coefficient (Wildman–Crippen LogP) is 12.8. The van der Waals surface area contributed by atoms with Gasteiger partial charge in [-0.1, -0.05) is 165 Å². The zero-order valence-electron chi connectivity index (χ0n) is 22.6. The van der Waals surface area contributed by atoms with Crippen molar-refractivity contribution in [1.29, 1.82) is 0 Å². The van der Waals surface area contributed by atoms with Crippen molar-refractivity contribution < 1.29 is 0 Å². The molecule has 0 amide bonds. The Morgan fingerprint density at radius 1 is 0.214 bits per heavy atom. The number of rotatable bonds is 3. The molecule has 0 spiro atoms. The molecule has 0 bridgehead atoms. The van der Waals surface area contributed by atoms with Crippen molar-refractivity contribution >= 4 is 74.9 Å². The topological polar surface area (TPSA) is 0 Å². The highest BCUT2D eigenvalue weighted by Gasteiger charge is 2.16. The Morgan fingerprint density at radius 2 is 0.405 bits per heavy atom. The lowest BCUT2D eigenvalue weighted by atomic mass is 9.86. The van der Waals surface area contributed by atoms with Crippen LogP contribution in [0.3, 0.4) is 0 Å². The molecule has 0 radical (unpaired) electrons. The summed E-state index contributed by atoms with van der Waals surface area (Å²) in [6, 6.07) is 52.9. The van der Waals surface area contributed by atoms with E-state index in [1.165, 1.54) is 76.5 Å². The maximum absolute atomic E-state index is 3.76. The Bertz CT molecular complexity index is 2160. The van der Waals surface area contributed by atoms with E-state index < -0.39 is 0 Å². The second-order valence-corrected chi connectivity index (χ2v) is 12.4. The minimum Gasteiger partial charge on any atom is -0.0616 e. The Labute approximate surface area is 261 Å². The molecule has 0 aliphatic carbocycles. The van der Waals surface area contributed by atoms with Crippen molar-refractivity contribution in [3.63, 3.8) is 0 Å². The van der Waals surface area contributed by atoms with Crippen molar-refractivity contribution in [2.24, 2.45) is 0 Å². The summed E-state index contributed by atoms with van der Waals surface area (Å²) in [5.74, 6) is 0. The maximum atomic E-state index is 3.76. The minimum atomic E-state index is 1.12. The highest BCUT2D eigenvalue weighted by molar-refractivity contribution is 9.11. The summed E-state index contributed by atoms with van der Waals surface area (Å²) >= 11 is 7.51. The van der Waals surface area contributed by atoms with Crippen LogP contribution in [0.5, 0.6) is 0 Å². The molecule has 8 rings (SSSR count). The third kappa shape index (κ3) is 4.01. The lowest BCUT2D eigenvalue weighted by Gasteiger charge is -2.17. The average molecular weight is 664 g/mol. The van der Waals surface area contributed by atoms with E-state index >= 15 is 0 Å². The standard InChI is InChI=1S/C40H24Br2/c41-39-23-21-35(29-13-5-7-15-37(29)39)33-19-17-31(25-9-1-3-11-27(25)33)32-18-20-34(28-12-4-2-10-26(28)32)36-22-24-40(42)38-16-8-6-14-30(36)38/h1-24H.